The fourth-order valence-electron chi connectivity index (χ4n) is 1.05. The minimum atomic E-state index is -0.287. The highest BCUT2D eigenvalue weighted by molar-refractivity contribution is 6.99. The van der Waals surface area contributed by atoms with Gasteiger partial charge in [0.05, 0.1) is 17.9 Å². The molecule has 0 unspecified atom stereocenters. The van der Waals surface area contributed by atoms with E-state index in [1.807, 2.05) is 19.1 Å². The van der Waals surface area contributed by atoms with Crippen molar-refractivity contribution in [2.45, 2.75) is 6.92 Å². The zero-order valence-corrected chi connectivity index (χ0v) is 8.78. The Hall–Kier alpha value is -1.82. The van der Waals surface area contributed by atoms with E-state index >= 15 is 0 Å². The lowest BCUT2D eigenvalue weighted by Crippen LogP contribution is -2.13. The molecule has 0 bridgehead atoms. The van der Waals surface area contributed by atoms with Gasteiger partial charge in [-0.2, -0.15) is 8.75 Å². The minimum absolute atomic E-state index is 0.287. The van der Waals surface area contributed by atoms with Gasteiger partial charge in [-0.15, -0.1) is 0 Å². The van der Waals surface area contributed by atoms with Crippen molar-refractivity contribution in [1.82, 2.24) is 13.7 Å². The third-order valence-corrected chi connectivity index (χ3v) is 2.31. The second-order valence-corrected chi connectivity index (χ2v) is 3.47. The van der Waals surface area contributed by atoms with Crippen molar-refractivity contribution in [3.05, 3.63) is 35.8 Å². The van der Waals surface area contributed by atoms with Crippen molar-refractivity contribution >= 4 is 23.5 Å². The Morgan fingerprint density at radius 2 is 2.40 bits per heavy atom. The van der Waals surface area contributed by atoms with Gasteiger partial charge in [0.15, 0.2) is 5.69 Å². The van der Waals surface area contributed by atoms with Crippen LogP contribution in [0.25, 0.3) is 0 Å². The molecule has 0 aliphatic heterocycles. The number of pyridine rings is 1. The van der Waals surface area contributed by atoms with E-state index in [0.29, 0.717) is 11.5 Å². The van der Waals surface area contributed by atoms with Crippen LogP contribution in [0.4, 0.5) is 5.82 Å². The third-order valence-electron chi connectivity index (χ3n) is 1.84. The molecule has 0 aliphatic carbocycles. The quantitative estimate of drug-likeness (QED) is 0.832. The molecule has 0 atom stereocenters. The molecular weight excluding hydrogens is 212 g/mol. The molecular formula is C9H8N4OS. The third kappa shape index (κ3) is 2.16. The van der Waals surface area contributed by atoms with Crippen molar-refractivity contribution in [2.24, 2.45) is 0 Å². The van der Waals surface area contributed by atoms with Crippen LogP contribution in [-0.2, 0) is 0 Å². The number of aryl methyl sites for hydroxylation is 1. The number of carbonyl (C=O) groups excluding carboxylic acids is 1. The summed E-state index contributed by atoms with van der Waals surface area (Å²) in [6, 6.07) is 3.69. The summed E-state index contributed by atoms with van der Waals surface area (Å²) >= 11 is 1.00. The molecule has 0 spiro atoms. The average Bonchev–Trinajstić information content (AvgIpc) is 2.74. The van der Waals surface area contributed by atoms with E-state index in [2.05, 4.69) is 19.0 Å². The fraction of sp³-hybridized carbons (Fsp3) is 0.111. The second kappa shape index (κ2) is 4.14. The summed E-state index contributed by atoms with van der Waals surface area (Å²) in [5, 5.41) is 2.67. The molecule has 15 heavy (non-hydrogen) atoms. The van der Waals surface area contributed by atoms with Crippen LogP contribution in [0.5, 0.6) is 0 Å². The van der Waals surface area contributed by atoms with Crippen LogP contribution in [0.1, 0.15) is 16.1 Å². The maximum absolute atomic E-state index is 11.6. The first-order valence-corrected chi connectivity index (χ1v) is 5.01. The van der Waals surface area contributed by atoms with Gasteiger partial charge in [0.1, 0.15) is 5.82 Å². The smallest absolute Gasteiger partial charge is 0.278 e. The summed E-state index contributed by atoms with van der Waals surface area (Å²) in [5.74, 6) is 0.265. The Kier molecular flexibility index (Phi) is 2.68. The van der Waals surface area contributed by atoms with E-state index in [9.17, 15) is 4.79 Å². The monoisotopic (exact) mass is 220 g/mol. The van der Waals surface area contributed by atoms with Gasteiger partial charge >= 0.3 is 0 Å². The molecule has 6 heteroatoms. The van der Waals surface area contributed by atoms with Gasteiger partial charge in [-0.05, 0) is 18.6 Å². The Morgan fingerprint density at radius 3 is 3.07 bits per heavy atom. The van der Waals surface area contributed by atoms with E-state index in [1.165, 1.54) is 6.20 Å². The molecule has 1 amide bonds. The average molecular weight is 220 g/mol. The summed E-state index contributed by atoms with van der Waals surface area (Å²) in [6.07, 6.45) is 3.06. The molecule has 2 aromatic rings. The fourth-order valence-corrected chi connectivity index (χ4v) is 1.46. The van der Waals surface area contributed by atoms with Crippen LogP contribution in [0.15, 0.2) is 24.5 Å². The van der Waals surface area contributed by atoms with Crippen LogP contribution in [0.3, 0.4) is 0 Å². The number of nitrogens with one attached hydrogen (secondary N) is 1. The van der Waals surface area contributed by atoms with Crippen LogP contribution < -0.4 is 5.32 Å². The summed E-state index contributed by atoms with van der Waals surface area (Å²) in [4.78, 5) is 15.6. The normalized spacial score (nSPS) is 9.93. The first kappa shape index (κ1) is 9.72. The molecule has 0 radical (unpaired) electrons. The van der Waals surface area contributed by atoms with Crippen LogP contribution >= 0.6 is 11.7 Å². The number of rotatable bonds is 2. The van der Waals surface area contributed by atoms with E-state index in [0.717, 1.165) is 17.3 Å². The first-order valence-electron chi connectivity index (χ1n) is 4.28. The molecule has 0 saturated heterocycles. The standard InChI is InChI=1S/C9H8N4OS/c1-6-3-2-4-10-8(6)12-9(14)7-5-11-15-13-7/h2-5H,1H3,(H,10,12,14). The van der Waals surface area contributed by atoms with Crippen molar-refractivity contribution in [2.75, 3.05) is 5.32 Å². The van der Waals surface area contributed by atoms with Gasteiger partial charge in [0.25, 0.3) is 5.91 Å². The molecule has 2 heterocycles. The van der Waals surface area contributed by atoms with Crippen molar-refractivity contribution in [1.29, 1.82) is 0 Å². The number of hydrogen-bond acceptors (Lipinski definition) is 5. The van der Waals surface area contributed by atoms with Gasteiger partial charge in [-0.1, -0.05) is 6.07 Å². The van der Waals surface area contributed by atoms with Gasteiger partial charge in [0.2, 0.25) is 0 Å². The molecule has 0 fully saturated rings. The van der Waals surface area contributed by atoms with Gasteiger partial charge < -0.3 is 5.32 Å². The van der Waals surface area contributed by atoms with Crippen molar-refractivity contribution in [3.8, 4) is 0 Å². The Bertz CT molecular complexity index is 469. The number of hydrogen-bond donors (Lipinski definition) is 1. The Labute approximate surface area is 90.5 Å². The molecule has 5 nitrogen and oxygen atoms in total. The summed E-state index contributed by atoms with van der Waals surface area (Å²) in [5.41, 5.74) is 1.22. The predicted molar refractivity (Wildman–Crippen MR) is 56.8 cm³/mol. The lowest BCUT2D eigenvalue weighted by molar-refractivity contribution is 0.102. The maximum atomic E-state index is 11.6. The van der Waals surface area contributed by atoms with Crippen LogP contribution in [0.2, 0.25) is 0 Å². The first-order chi connectivity index (χ1) is 7.27. The molecule has 0 saturated carbocycles. The number of carbonyl (C=O) groups is 1. The highest BCUT2D eigenvalue weighted by Gasteiger charge is 2.10. The lowest BCUT2D eigenvalue weighted by Gasteiger charge is -2.04. The highest BCUT2D eigenvalue weighted by atomic mass is 32.1. The SMILES string of the molecule is Cc1cccnc1NC(=O)c1cnsn1. The molecule has 76 valence electrons. The van der Waals surface area contributed by atoms with Gasteiger partial charge in [-0.3, -0.25) is 4.79 Å². The predicted octanol–water partition coefficient (Wildman–Crippen LogP) is 1.49. The van der Waals surface area contributed by atoms with E-state index in [1.54, 1.807) is 6.20 Å². The number of aromatic nitrogens is 3. The van der Waals surface area contributed by atoms with Crippen LogP contribution in [0, 0.1) is 6.92 Å². The zero-order chi connectivity index (χ0) is 10.7. The topological polar surface area (TPSA) is 67.8 Å². The summed E-state index contributed by atoms with van der Waals surface area (Å²) in [6.45, 7) is 1.88. The molecule has 0 aliphatic rings. The van der Waals surface area contributed by atoms with Gasteiger partial charge in [0, 0.05) is 6.20 Å². The summed E-state index contributed by atoms with van der Waals surface area (Å²) < 4.78 is 7.59. The lowest BCUT2D eigenvalue weighted by atomic mass is 10.3. The van der Waals surface area contributed by atoms with E-state index in [4.69, 9.17) is 0 Å². The minimum Gasteiger partial charge on any atom is -0.305 e. The van der Waals surface area contributed by atoms with E-state index in [-0.39, 0.29) is 5.91 Å². The molecule has 0 aromatic carbocycles. The van der Waals surface area contributed by atoms with Crippen molar-refractivity contribution < 1.29 is 4.79 Å². The molecule has 2 aromatic heterocycles. The zero-order valence-electron chi connectivity index (χ0n) is 7.97. The number of nitrogens with zero attached hydrogens (tertiary/aromatic N) is 3. The largest absolute Gasteiger partial charge is 0.305 e. The maximum Gasteiger partial charge on any atom is 0.278 e. The van der Waals surface area contributed by atoms with Gasteiger partial charge in [-0.25, -0.2) is 4.98 Å². The highest BCUT2D eigenvalue weighted by Crippen LogP contribution is 2.10. The Balaban J connectivity index is 2.17. The Morgan fingerprint density at radius 1 is 1.53 bits per heavy atom. The molecule has 1 N–H and O–H groups in total. The van der Waals surface area contributed by atoms with Crippen LogP contribution in [-0.4, -0.2) is 19.6 Å². The van der Waals surface area contributed by atoms with E-state index < -0.39 is 0 Å². The summed E-state index contributed by atoms with van der Waals surface area (Å²) in [7, 11) is 0. The van der Waals surface area contributed by atoms with Crippen molar-refractivity contribution in [3.63, 3.8) is 0 Å². The number of anilines is 1. The number of amides is 1. The molecule has 2 rings (SSSR count). The second-order valence-electron chi connectivity index (χ2n) is 2.92.